The van der Waals surface area contributed by atoms with Crippen molar-refractivity contribution in [3.05, 3.63) is 42.4 Å². The molecule has 2 aliphatic heterocycles. The molecule has 1 aliphatic carbocycles. The van der Waals surface area contributed by atoms with Gasteiger partial charge in [0, 0.05) is 30.4 Å². The summed E-state index contributed by atoms with van der Waals surface area (Å²) in [7, 11) is 0. The molecule has 1 N–H and O–H groups in total. The van der Waals surface area contributed by atoms with Crippen LogP contribution >= 0.6 is 0 Å². The van der Waals surface area contributed by atoms with Gasteiger partial charge < -0.3 is 14.7 Å². The Morgan fingerprint density at radius 2 is 2.03 bits per heavy atom. The first-order valence-electron chi connectivity index (χ1n) is 10.0. The van der Waals surface area contributed by atoms with Gasteiger partial charge >= 0.3 is 0 Å². The van der Waals surface area contributed by atoms with Crippen molar-refractivity contribution in [2.75, 3.05) is 24.6 Å². The first kappa shape index (κ1) is 20.2. The van der Waals surface area contributed by atoms with E-state index in [1.165, 1.54) is 12.8 Å². The Kier molecular flexibility index (Phi) is 5.35. The van der Waals surface area contributed by atoms with Crippen LogP contribution in [0.15, 0.2) is 36.8 Å². The molecule has 156 valence electrons. The Labute approximate surface area is 176 Å². The minimum absolute atomic E-state index is 0. The Morgan fingerprint density at radius 1 is 1.27 bits per heavy atom. The van der Waals surface area contributed by atoms with Crippen LogP contribution in [0.1, 0.15) is 32.8 Å². The number of piperidine rings is 2. The second-order valence-electron chi connectivity index (χ2n) is 8.23. The van der Waals surface area contributed by atoms with Crippen LogP contribution in [0.3, 0.4) is 0 Å². The number of aliphatic hydroxyl groups is 1. The molecule has 0 unspecified atom stereocenters. The molecule has 0 spiro atoms. The summed E-state index contributed by atoms with van der Waals surface area (Å²) in [6.45, 7) is 4.05. The van der Waals surface area contributed by atoms with Gasteiger partial charge in [0.2, 0.25) is 0 Å². The molecule has 0 amide bonds. The fraction of sp³-hybridized carbons (Fsp3) is 0.435. The SMILES string of the molecule is C.C[C@@H](O)COc1cc(-c2ccc(N3CC4CC(C4)C3)nc2)c2c(C#N)cnn2c1. The highest BCUT2D eigenvalue weighted by Gasteiger charge is 2.37. The molecular weight excluding hydrogens is 378 g/mol. The van der Waals surface area contributed by atoms with Crippen LogP contribution in [0, 0.1) is 23.2 Å². The summed E-state index contributed by atoms with van der Waals surface area (Å²) in [6.07, 6.45) is 7.30. The fourth-order valence-electron chi connectivity index (χ4n) is 4.48. The van der Waals surface area contributed by atoms with Crippen molar-refractivity contribution in [2.24, 2.45) is 11.8 Å². The zero-order chi connectivity index (χ0) is 20.0. The van der Waals surface area contributed by atoms with E-state index in [9.17, 15) is 10.4 Å². The summed E-state index contributed by atoms with van der Waals surface area (Å²) >= 11 is 0. The molecule has 1 atom stereocenters. The summed E-state index contributed by atoms with van der Waals surface area (Å²) in [4.78, 5) is 7.10. The molecule has 5 heterocycles. The summed E-state index contributed by atoms with van der Waals surface area (Å²) in [6, 6.07) is 8.20. The third-order valence-electron chi connectivity index (χ3n) is 5.87. The maximum Gasteiger partial charge on any atom is 0.138 e. The number of nitrogens with zero attached hydrogens (tertiary/aromatic N) is 5. The van der Waals surface area contributed by atoms with E-state index in [4.69, 9.17) is 9.72 Å². The van der Waals surface area contributed by atoms with E-state index in [1.807, 2.05) is 18.3 Å². The first-order chi connectivity index (χ1) is 14.1. The lowest BCUT2D eigenvalue weighted by atomic mass is 9.71. The van der Waals surface area contributed by atoms with E-state index in [2.05, 4.69) is 22.1 Å². The number of hydrogen-bond donors (Lipinski definition) is 1. The van der Waals surface area contributed by atoms with Gasteiger partial charge in [0.15, 0.2) is 0 Å². The number of aliphatic hydroxyl groups excluding tert-OH is 1. The minimum Gasteiger partial charge on any atom is -0.489 e. The van der Waals surface area contributed by atoms with Gasteiger partial charge in [-0.25, -0.2) is 9.50 Å². The number of anilines is 1. The lowest BCUT2D eigenvalue weighted by Crippen LogP contribution is -2.48. The zero-order valence-corrected chi connectivity index (χ0v) is 16.3. The topological polar surface area (TPSA) is 86.7 Å². The standard InChI is InChI=1S/C22H23N5O2.CH4/c1-14(28)13-29-19-6-20(22-18(7-23)9-25-27(22)12-19)17-2-3-21(24-8-17)26-10-15-4-16(5-15)11-26;/h2-3,6,8-9,12,14-16,28H,4-5,10-11,13H2,1H3;1H4/t14-,15?,16?;/m1./s1. The van der Waals surface area contributed by atoms with Crippen molar-refractivity contribution in [1.29, 1.82) is 5.26 Å². The van der Waals surface area contributed by atoms with E-state index in [0.717, 1.165) is 47.4 Å². The van der Waals surface area contributed by atoms with E-state index in [1.54, 1.807) is 23.8 Å². The molecule has 7 nitrogen and oxygen atoms in total. The van der Waals surface area contributed by atoms with Gasteiger partial charge in [-0.1, -0.05) is 7.43 Å². The van der Waals surface area contributed by atoms with Gasteiger partial charge in [-0.05, 0) is 49.8 Å². The second kappa shape index (κ2) is 7.96. The number of ether oxygens (including phenoxy) is 1. The normalized spacial score (nSPS) is 20.8. The Balaban J connectivity index is 0.00000218. The van der Waals surface area contributed by atoms with Crippen molar-refractivity contribution in [3.8, 4) is 22.9 Å². The van der Waals surface area contributed by atoms with Gasteiger partial charge in [0.1, 0.15) is 24.2 Å². The molecule has 3 aliphatic rings. The number of pyridine rings is 2. The molecule has 6 rings (SSSR count). The first-order valence-corrected chi connectivity index (χ1v) is 10.0. The third-order valence-corrected chi connectivity index (χ3v) is 5.87. The average molecular weight is 406 g/mol. The van der Waals surface area contributed by atoms with E-state index in [0.29, 0.717) is 11.3 Å². The number of nitriles is 1. The lowest BCUT2D eigenvalue weighted by Gasteiger charge is -2.47. The van der Waals surface area contributed by atoms with Gasteiger partial charge in [0.05, 0.1) is 29.6 Å². The van der Waals surface area contributed by atoms with Crippen molar-refractivity contribution in [3.63, 3.8) is 0 Å². The molecule has 0 aromatic carbocycles. The predicted octanol–water partition coefficient (Wildman–Crippen LogP) is 3.51. The number of rotatable bonds is 5. The molecule has 2 bridgehead atoms. The summed E-state index contributed by atoms with van der Waals surface area (Å²) < 4.78 is 7.34. The Morgan fingerprint density at radius 3 is 2.67 bits per heavy atom. The Hall–Kier alpha value is -3.11. The summed E-state index contributed by atoms with van der Waals surface area (Å²) in [5.41, 5.74) is 2.97. The van der Waals surface area contributed by atoms with Crippen molar-refractivity contribution in [1.82, 2.24) is 14.6 Å². The summed E-state index contributed by atoms with van der Waals surface area (Å²) in [5.74, 6) is 3.24. The number of fused-ring (bicyclic) bond motifs is 3. The molecule has 3 aromatic rings. The zero-order valence-electron chi connectivity index (χ0n) is 16.3. The predicted molar refractivity (Wildman–Crippen MR) is 115 cm³/mol. The quantitative estimate of drug-likeness (QED) is 0.699. The highest BCUT2D eigenvalue weighted by Crippen LogP contribution is 2.41. The van der Waals surface area contributed by atoms with Crippen LogP contribution in [-0.2, 0) is 0 Å². The van der Waals surface area contributed by atoms with Crippen LogP contribution in [-0.4, -0.2) is 45.5 Å². The van der Waals surface area contributed by atoms with Crippen molar-refractivity contribution >= 4 is 11.3 Å². The largest absolute Gasteiger partial charge is 0.489 e. The highest BCUT2D eigenvalue weighted by atomic mass is 16.5. The maximum atomic E-state index is 9.53. The van der Waals surface area contributed by atoms with Crippen LogP contribution in [0.25, 0.3) is 16.6 Å². The molecule has 7 heteroatoms. The molecule has 2 saturated heterocycles. The molecular formula is C23H27N5O2. The van der Waals surface area contributed by atoms with E-state index < -0.39 is 6.10 Å². The second-order valence-corrected chi connectivity index (χ2v) is 8.23. The molecule has 3 fully saturated rings. The third kappa shape index (κ3) is 3.59. The molecule has 3 aromatic heterocycles. The molecule has 0 radical (unpaired) electrons. The fourth-order valence-corrected chi connectivity index (χ4v) is 4.48. The van der Waals surface area contributed by atoms with Crippen LogP contribution in [0.4, 0.5) is 5.82 Å². The molecule has 30 heavy (non-hydrogen) atoms. The lowest BCUT2D eigenvalue weighted by molar-refractivity contribution is 0.122. The maximum absolute atomic E-state index is 9.53. The number of aromatic nitrogens is 3. The van der Waals surface area contributed by atoms with Gasteiger partial charge in [-0.3, -0.25) is 0 Å². The average Bonchev–Trinajstić information content (AvgIpc) is 3.14. The molecule has 1 saturated carbocycles. The van der Waals surface area contributed by atoms with Gasteiger partial charge in [-0.2, -0.15) is 10.4 Å². The Bertz CT molecular complexity index is 1070. The van der Waals surface area contributed by atoms with Gasteiger partial charge in [-0.15, -0.1) is 0 Å². The van der Waals surface area contributed by atoms with Crippen molar-refractivity contribution in [2.45, 2.75) is 33.3 Å². The summed E-state index contributed by atoms with van der Waals surface area (Å²) in [5, 5.41) is 23.3. The van der Waals surface area contributed by atoms with Gasteiger partial charge in [0.25, 0.3) is 0 Å². The van der Waals surface area contributed by atoms with Crippen LogP contribution < -0.4 is 9.64 Å². The smallest absolute Gasteiger partial charge is 0.138 e. The van der Waals surface area contributed by atoms with E-state index in [-0.39, 0.29) is 14.0 Å². The van der Waals surface area contributed by atoms with Crippen LogP contribution in [0.5, 0.6) is 5.75 Å². The van der Waals surface area contributed by atoms with Crippen LogP contribution in [0.2, 0.25) is 0 Å². The van der Waals surface area contributed by atoms with E-state index >= 15 is 0 Å². The number of hydrogen-bond acceptors (Lipinski definition) is 6. The highest BCUT2D eigenvalue weighted by molar-refractivity contribution is 5.85. The minimum atomic E-state index is -0.571. The van der Waals surface area contributed by atoms with Crippen molar-refractivity contribution < 1.29 is 9.84 Å². The monoisotopic (exact) mass is 405 g/mol.